The van der Waals surface area contributed by atoms with Gasteiger partial charge in [0.1, 0.15) is 5.75 Å². The van der Waals surface area contributed by atoms with Gasteiger partial charge < -0.3 is 15.2 Å². The van der Waals surface area contributed by atoms with E-state index in [1.807, 2.05) is 0 Å². The quantitative estimate of drug-likeness (QED) is 0.812. The van der Waals surface area contributed by atoms with E-state index in [1.54, 1.807) is 24.3 Å². The van der Waals surface area contributed by atoms with Gasteiger partial charge in [-0.1, -0.05) is 13.8 Å². The van der Waals surface area contributed by atoms with Crippen LogP contribution in [-0.4, -0.2) is 29.6 Å². The van der Waals surface area contributed by atoms with E-state index in [2.05, 4.69) is 19.2 Å². The number of carbonyl (C=O) groups excluding carboxylic acids is 1. The van der Waals surface area contributed by atoms with Crippen molar-refractivity contribution in [1.29, 1.82) is 0 Å². The molecule has 0 heterocycles. The van der Waals surface area contributed by atoms with E-state index < -0.39 is 5.97 Å². The van der Waals surface area contributed by atoms with Crippen LogP contribution in [0.3, 0.4) is 0 Å². The maximum absolute atomic E-state index is 12.0. The van der Waals surface area contributed by atoms with Crippen LogP contribution in [0.15, 0.2) is 24.3 Å². The molecule has 22 heavy (non-hydrogen) atoms. The molecule has 0 spiro atoms. The van der Waals surface area contributed by atoms with Crippen LogP contribution in [0.25, 0.3) is 0 Å². The van der Waals surface area contributed by atoms with Gasteiger partial charge >= 0.3 is 5.97 Å². The van der Waals surface area contributed by atoms with Crippen molar-refractivity contribution in [2.24, 2.45) is 11.8 Å². The predicted octanol–water partition coefficient (Wildman–Crippen LogP) is 2.70. The maximum atomic E-state index is 12.0. The number of benzene rings is 1. The van der Waals surface area contributed by atoms with Crippen molar-refractivity contribution in [1.82, 2.24) is 5.32 Å². The molecule has 1 aliphatic rings. The molecule has 0 atom stereocenters. The third kappa shape index (κ3) is 4.48. The lowest BCUT2D eigenvalue weighted by Gasteiger charge is -2.32. The van der Waals surface area contributed by atoms with Crippen molar-refractivity contribution in [3.8, 4) is 5.75 Å². The average Bonchev–Trinajstić information content (AvgIpc) is 2.42. The van der Waals surface area contributed by atoms with E-state index in [9.17, 15) is 9.59 Å². The molecule has 1 saturated carbocycles. The molecule has 1 aromatic carbocycles. The summed E-state index contributed by atoms with van der Waals surface area (Å²) in [4.78, 5) is 22.8. The van der Waals surface area contributed by atoms with Gasteiger partial charge in [-0.3, -0.25) is 9.59 Å². The normalized spacial score (nSPS) is 20.3. The second-order valence-corrected chi connectivity index (χ2v) is 6.23. The number of hydrogen-bond acceptors (Lipinski definition) is 3. The number of rotatable bonds is 7. The highest BCUT2D eigenvalue weighted by Gasteiger charge is 2.35. The number of carboxylic acid groups (broad SMARTS) is 1. The molecule has 1 aliphatic carbocycles. The van der Waals surface area contributed by atoms with Gasteiger partial charge in [0.05, 0.1) is 12.5 Å². The number of aliphatic carboxylic acids is 1. The monoisotopic (exact) mass is 305 g/mol. The zero-order chi connectivity index (χ0) is 16.1. The highest BCUT2D eigenvalue weighted by molar-refractivity contribution is 5.94. The standard InChI is InChI=1S/C17H23NO4/c1-11(2)7-8-22-15-5-3-12(4-6-15)16(19)18-14-9-13(10-14)17(20)21/h3-6,11,13-14H,7-10H2,1-2H3,(H,18,19)(H,20,21). The molecule has 1 fully saturated rings. The molecule has 0 aliphatic heterocycles. The number of carbonyl (C=O) groups is 2. The van der Waals surface area contributed by atoms with Gasteiger partial charge in [0, 0.05) is 11.6 Å². The first-order valence-electron chi connectivity index (χ1n) is 7.72. The molecule has 0 unspecified atom stereocenters. The summed E-state index contributed by atoms with van der Waals surface area (Å²) in [5, 5.41) is 11.7. The van der Waals surface area contributed by atoms with Gasteiger partial charge in [-0.25, -0.2) is 0 Å². The molecule has 2 N–H and O–H groups in total. The van der Waals surface area contributed by atoms with Crippen LogP contribution in [0.4, 0.5) is 0 Å². The van der Waals surface area contributed by atoms with Crippen LogP contribution in [-0.2, 0) is 4.79 Å². The Balaban J connectivity index is 1.78. The summed E-state index contributed by atoms with van der Waals surface area (Å²) in [5.74, 6) is 0.0898. The molecule has 120 valence electrons. The average molecular weight is 305 g/mol. The lowest BCUT2D eigenvalue weighted by atomic mass is 9.80. The number of carboxylic acids is 1. The summed E-state index contributed by atoms with van der Waals surface area (Å²) in [6, 6.07) is 7.00. The van der Waals surface area contributed by atoms with E-state index >= 15 is 0 Å². The Morgan fingerprint density at radius 1 is 1.27 bits per heavy atom. The van der Waals surface area contributed by atoms with Crippen molar-refractivity contribution >= 4 is 11.9 Å². The van der Waals surface area contributed by atoms with Crippen molar-refractivity contribution in [2.45, 2.75) is 39.2 Å². The maximum Gasteiger partial charge on any atom is 0.306 e. The molecule has 0 saturated heterocycles. The zero-order valence-electron chi connectivity index (χ0n) is 13.0. The Hall–Kier alpha value is -2.04. The van der Waals surface area contributed by atoms with Crippen molar-refractivity contribution in [2.75, 3.05) is 6.61 Å². The second-order valence-electron chi connectivity index (χ2n) is 6.23. The highest BCUT2D eigenvalue weighted by Crippen LogP contribution is 2.27. The minimum atomic E-state index is -0.784. The van der Waals surface area contributed by atoms with Crippen molar-refractivity contribution in [3.63, 3.8) is 0 Å². The Morgan fingerprint density at radius 3 is 2.45 bits per heavy atom. The van der Waals surface area contributed by atoms with Gasteiger partial charge in [-0.05, 0) is 49.4 Å². The fraction of sp³-hybridized carbons (Fsp3) is 0.529. The molecule has 5 heteroatoms. The first-order chi connectivity index (χ1) is 10.5. The Bertz CT molecular complexity index is 518. The third-order valence-corrected chi connectivity index (χ3v) is 3.90. The van der Waals surface area contributed by atoms with Gasteiger partial charge in [-0.2, -0.15) is 0 Å². The molecular weight excluding hydrogens is 282 g/mol. The van der Waals surface area contributed by atoms with Gasteiger partial charge in [0.25, 0.3) is 5.91 Å². The van der Waals surface area contributed by atoms with Crippen molar-refractivity contribution in [3.05, 3.63) is 29.8 Å². The molecule has 0 radical (unpaired) electrons. The molecule has 0 bridgehead atoms. The SMILES string of the molecule is CC(C)CCOc1ccc(C(=O)NC2CC(C(=O)O)C2)cc1. The number of amides is 1. The van der Waals surface area contributed by atoms with E-state index in [1.165, 1.54) is 0 Å². The van der Waals surface area contributed by atoms with Crippen molar-refractivity contribution < 1.29 is 19.4 Å². The van der Waals surface area contributed by atoms with E-state index in [4.69, 9.17) is 9.84 Å². The third-order valence-electron chi connectivity index (χ3n) is 3.90. The smallest absolute Gasteiger partial charge is 0.306 e. The molecule has 0 aromatic heterocycles. The lowest BCUT2D eigenvalue weighted by molar-refractivity contribution is -0.145. The number of ether oxygens (including phenoxy) is 1. The molecular formula is C17H23NO4. The van der Waals surface area contributed by atoms with Crippen LogP contribution in [0.5, 0.6) is 5.75 Å². The molecule has 1 aromatic rings. The summed E-state index contributed by atoms with van der Waals surface area (Å²) >= 11 is 0. The summed E-state index contributed by atoms with van der Waals surface area (Å²) < 4.78 is 5.61. The first kappa shape index (κ1) is 16.3. The van der Waals surface area contributed by atoms with Crippen LogP contribution in [0.1, 0.15) is 43.5 Å². The van der Waals surface area contributed by atoms with Gasteiger partial charge in [0.15, 0.2) is 0 Å². The second kappa shape index (κ2) is 7.29. The van der Waals surface area contributed by atoms with Gasteiger partial charge in [0.2, 0.25) is 0 Å². The Morgan fingerprint density at radius 2 is 1.91 bits per heavy atom. The lowest BCUT2D eigenvalue weighted by Crippen LogP contribution is -2.46. The van der Waals surface area contributed by atoms with Crippen LogP contribution in [0.2, 0.25) is 0 Å². The Labute approximate surface area is 130 Å². The summed E-state index contributed by atoms with van der Waals surface area (Å²) in [6.07, 6.45) is 2.02. The molecule has 5 nitrogen and oxygen atoms in total. The fourth-order valence-electron chi connectivity index (χ4n) is 2.32. The summed E-state index contributed by atoms with van der Waals surface area (Å²) in [6.45, 7) is 4.96. The largest absolute Gasteiger partial charge is 0.494 e. The Kier molecular flexibility index (Phi) is 5.41. The zero-order valence-corrected chi connectivity index (χ0v) is 13.0. The number of nitrogens with one attached hydrogen (secondary N) is 1. The van der Waals surface area contributed by atoms with E-state index in [0.717, 1.165) is 12.2 Å². The van der Waals surface area contributed by atoms with E-state index in [0.29, 0.717) is 30.9 Å². The highest BCUT2D eigenvalue weighted by atomic mass is 16.5. The van der Waals surface area contributed by atoms with Gasteiger partial charge in [-0.15, -0.1) is 0 Å². The summed E-state index contributed by atoms with van der Waals surface area (Å²) in [7, 11) is 0. The molecule has 2 rings (SSSR count). The summed E-state index contributed by atoms with van der Waals surface area (Å²) in [5.41, 5.74) is 0.565. The van der Waals surface area contributed by atoms with Crippen LogP contribution in [0, 0.1) is 11.8 Å². The fourth-order valence-corrected chi connectivity index (χ4v) is 2.32. The minimum absolute atomic E-state index is 0.0319. The first-order valence-corrected chi connectivity index (χ1v) is 7.72. The minimum Gasteiger partial charge on any atom is -0.494 e. The topological polar surface area (TPSA) is 75.6 Å². The van der Waals surface area contributed by atoms with E-state index in [-0.39, 0.29) is 17.9 Å². The molecule has 1 amide bonds. The predicted molar refractivity (Wildman–Crippen MR) is 83.0 cm³/mol. The van der Waals surface area contributed by atoms with Crippen LogP contribution < -0.4 is 10.1 Å². The number of hydrogen-bond donors (Lipinski definition) is 2. The van der Waals surface area contributed by atoms with Crippen LogP contribution >= 0.6 is 0 Å².